The summed E-state index contributed by atoms with van der Waals surface area (Å²) in [7, 11) is 0. The van der Waals surface area contributed by atoms with Gasteiger partial charge in [0.05, 0.1) is 19.8 Å². The first-order chi connectivity index (χ1) is 11.3. The summed E-state index contributed by atoms with van der Waals surface area (Å²) in [6, 6.07) is 0. The molecule has 0 spiro atoms. The normalized spacial score (nSPS) is 10.7. The largest absolute Gasteiger partial charge is 0.396 e. The van der Waals surface area contributed by atoms with Gasteiger partial charge in [-0.1, -0.05) is 64.7 Å². The minimum atomic E-state index is 0.0694. The summed E-state index contributed by atoms with van der Waals surface area (Å²) < 4.78 is 0. The number of aliphatic hydroxyl groups excluding tert-OH is 4. The summed E-state index contributed by atoms with van der Waals surface area (Å²) in [6.45, 7) is 4.38. The lowest BCUT2D eigenvalue weighted by atomic mass is 10.1. The van der Waals surface area contributed by atoms with Gasteiger partial charge in [0.15, 0.2) is 0 Å². The molecule has 0 fully saturated rings. The van der Waals surface area contributed by atoms with Gasteiger partial charge < -0.3 is 20.4 Å². The molecule has 0 unspecified atom stereocenters. The Morgan fingerprint density at radius 1 is 0.478 bits per heavy atom. The van der Waals surface area contributed by atoms with Crippen LogP contribution in [0.4, 0.5) is 0 Å². The van der Waals surface area contributed by atoms with Crippen LogP contribution in [0.5, 0.6) is 0 Å². The molecule has 5 nitrogen and oxygen atoms in total. The van der Waals surface area contributed by atoms with E-state index in [1.165, 1.54) is 57.8 Å². The Hall–Kier alpha value is -0.200. The molecule has 0 aromatic carbocycles. The molecule has 0 bridgehead atoms. The average Bonchev–Trinajstić information content (AvgIpc) is 2.55. The minimum Gasteiger partial charge on any atom is -0.396 e. The van der Waals surface area contributed by atoms with Gasteiger partial charge in [-0.3, -0.25) is 4.90 Å². The van der Waals surface area contributed by atoms with E-state index in [1.54, 1.807) is 4.90 Å². The molecule has 0 amide bonds. The predicted molar refractivity (Wildman–Crippen MR) is 96.6 cm³/mol. The molecule has 0 aliphatic carbocycles. The fraction of sp³-hybridized carbons (Fsp3) is 1.00. The van der Waals surface area contributed by atoms with Crippen molar-refractivity contribution in [1.29, 1.82) is 0 Å². The Morgan fingerprint density at radius 3 is 1.13 bits per heavy atom. The Bertz CT molecular complexity index is 170. The van der Waals surface area contributed by atoms with Crippen molar-refractivity contribution in [2.24, 2.45) is 0 Å². The van der Waals surface area contributed by atoms with E-state index in [0.717, 1.165) is 6.42 Å². The van der Waals surface area contributed by atoms with Gasteiger partial charge in [-0.05, 0) is 6.42 Å². The molecule has 0 aromatic heterocycles. The van der Waals surface area contributed by atoms with Crippen LogP contribution < -0.4 is 0 Å². The first kappa shape index (κ1) is 25.0. The van der Waals surface area contributed by atoms with Crippen LogP contribution >= 0.6 is 0 Å². The average molecular weight is 336 g/mol. The highest BCUT2D eigenvalue weighted by atomic mass is 16.3. The van der Waals surface area contributed by atoms with Gasteiger partial charge in [-0.25, -0.2) is 0 Å². The first-order valence-electron chi connectivity index (χ1n) is 9.42. The van der Waals surface area contributed by atoms with Crippen molar-refractivity contribution in [3.05, 3.63) is 0 Å². The smallest absolute Gasteiger partial charge is 0.0558 e. The summed E-state index contributed by atoms with van der Waals surface area (Å²) in [6.07, 6.45) is 13.3. The molecule has 0 aromatic rings. The Kier molecular flexibility index (Phi) is 26.2. The van der Waals surface area contributed by atoms with Crippen molar-refractivity contribution >= 4 is 0 Å². The van der Waals surface area contributed by atoms with E-state index >= 15 is 0 Å². The number of hydrogen-bond acceptors (Lipinski definition) is 5. The highest BCUT2D eigenvalue weighted by Gasteiger charge is 2.00. The predicted octanol–water partition coefficient (Wildman–Crippen LogP) is 2.16. The van der Waals surface area contributed by atoms with Gasteiger partial charge in [0.25, 0.3) is 0 Å². The molecule has 0 saturated heterocycles. The monoisotopic (exact) mass is 335 g/mol. The second kappa shape index (κ2) is 24.1. The van der Waals surface area contributed by atoms with Gasteiger partial charge >= 0.3 is 0 Å². The Labute approximate surface area is 143 Å². The summed E-state index contributed by atoms with van der Waals surface area (Å²) >= 11 is 0. The second-order valence-corrected chi connectivity index (χ2v) is 5.92. The van der Waals surface area contributed by atoms with Gasteiger partial charge in [0.1, 0.15) is 0 Å². The standard InChI is InChI=1S/C12H26O.C6H15NO3/c1-2-3-4-5-6-7-8-9-10-11-12-13;8-4-1-7(2-5-9)3-6-10/h13H,2-12H2,1H3;8-10H,1-6H2. The van der Waals surface area contributed by atoms with E-state index < -0.39 is 0 Å². The number of nitrogens with zero attached hydrogens (tertiary/aromatic N) is 1. The van der Waals surface area contributed by atoms with E-state index in [-0.39, 0.29) is 19.8 Å². The lowest BCUT2D eigenvalue weighted by Crippen LogP contribution is -2.32. The van der Waals surface area contributed by atoms with Gasteiger partial charge in [-0.15, -0.1) is 0 Å². The molecular formula is C18H41NO4. The van der Waals surface area contributed by atoms with Crippen molar-refractivity contribution in [2.75, 3.05) is 46.1 Å². The van der Waals surface area contributed by atoms with Crippen molar-refractivity contribution < 1.29 is 20.4 Å². The summed E-state index contributed by atoms with van der Waals surface area (Å²) in [5, 5.41) is 34.0. The highest BCUT2D eigenvalue weighted by Crippen LogP contribution is 2.09. The number of hydrogen-bond donors (Lipinski definition) is 4. The van der Waals surface area contributed by atoms with E-state index in [4.69, 9.17) is 20.4 Å². The van der Waals surface area contributed by atoms with Crippen LogP contribution in [-0.2, 0) is 0 Å². The fourth-order valence-electron chi connectivity index (χ4n) is 2.36. The fourth-order valence-corrected chi connectivity index (χ4v) is 2.36. The molecular weight excluding hydrogens is 294 g/mol. The molecule has 4 N–H and O–H groups in total. The van der Waals surface area contributed by atoms with Gasteiger partial charge in [0, 0.05) is 26.2 Å². The van der Waals surface area contributed by atoms with E-state index in [9.17, 15) is 0 Å². The zero-order valence-electron chi connectivity index (χ0n) is 15.3. The zero-order chi connectivity index (χ0) is 17.6. The summed E-state index contributed by atoms with van der Waals surface area (Å²) in [5.41, 5.74) is 0. The molecule has 0 heterocycles. The van der Waals surface area contributed by atoms with Crippen LogP contribution in [0.3, 0.4) is 0 Å². The highest BCUT2D eigenvalue weighted by molar-refractivity contribution is 4.54. The van der Waals surface area contributed by atoms with Gasteiger partial charge in [0.2, 0.25) is 0 Å². The zero-order valence-corrected chi connectivity index (χ0v) is 15.3. The van der Waals surface area contributed by atoms with Crippen molar-refractivity contribution in [1.82, 2.24) is 4.90 Å². The molecule has 5 heteroatoms. The van der Waals surface area contributed by atoms with Crippen molar-refractivity contribution in [3.63, 3.8) is 0 Å². The Balaban J connectivity index is 0. The van der Waals surface area contributed by atoms with Crippen molar-refractivity contribution in [3.8, 4) is 0 Å². The molecule has 0 atom stereocenters. The summed E-state index contributed by atoms with van der Waals surface area (Å²) in [5.74, 6) is 0. The molecule has 0 aliphatic heterocycles. The second-order valence-electron chi connectivity index (χ2n) is 5.92. The minimum absolute atomic E-state index is 0.0694. The number of aliphatic hydroxyl groups is 4. The van der Waals surface area contributed by atoms with Crippen LogP contribution in [-0.4, -0.2) is 71.4 Å². The SMILES string of the molecule is CCCCCCCCCCCCO.OCCN(CCO)CCO. The van der Waals surface area contributed by atoms with E-state index in [2.05, 4.69) is 6.92 Å². The topological polar surface area (TPSA) is 84.2 Å². The third kappa shape index (κ3) is 24.2. The van der Waals surface area contributed by atoms with Crippen LogP contribution in [0.15, 0.2) is 0 Å². The van der Waals surface area contributed by atoms with Crippen molar-refractivity contribution in [2.45, 2.75) is 71.1 Å². The van der Waals surface area contributed by atoms with E-state index in [0.29, 0.717) is 26.2 Å². The molecule has 0 saturated carbocycles. The van der Waals surface area contributed by atoms with Crippen LogP contribution in [0.25, 0.3) is 0 Å². The molecule has 0 aliphatic rings. The lowest BCUT2D eigenvalue weighted by Gasteiger charge is -2.17. The first-order valence-corrected chi connectivity index (χ1v) is 9.42. The molecule has 0 rings (SSSR count). The Morgan fingerprint density at radius 2 is 0.826 bits per heavy atom. The van der Waals surface area contributed by atoms with Gasteiger partial charge in [-0.2, -0.15) is 0 Å². The summed E-state index contributed by atoms with van der Waals surface area (Å²) in [4.78, 5) is 1.79. The van der Waals surface area contributed by atoms with Crippen LogP contribution in [0.2, 0.25) is 0 Å². The third-order valence-corrected chi connectivity index (χ3v) is 3.76. The maximum atomic E-state index is 8.57. The molecule has 23 heavy (non-hydrogen) atoms. The van der Waals surface area contributed by atoms with E-state index in [1.807, 2.05) is 0 Å². The lowest BCUT2D eigenvalue weighted by molar-refractivity contribution is 0.136. The number of unbranched alkanes of at least 4 members (excludes halogenated alkanes) is 9. The third-order valence-electron chi connectivity index (χ3n) is 3.76. The van der Waals surface area contributed by atoms with Crippen LogP contribution in [0.1, 0.15) is 71.1 Å². The van der Waals surface area contributed by atoms with Crippen LogP contribution in [0, 0.1) is 0 Å². The number of rotatable bonds is 16. The maximum Gasteiger partial charge on any atom is 0.0558 e. The molecule has 0 radical (unpaired) electrons. The quantitative estimate of drug-likeness (QED) is 0.325. The maximum absolute atomic E-state index is 8.57. The molecule has 142 valence electrons.